The molecule has 0 atom stereocenters. The third-order valence-electron chi connectivity index (χ3n) is 3.76. The van der Waals surface area contributed by atoms with Crippen molar-refractivity contribution >= 4 is 6.16 Å². The second kappa shape index (κ2) is 8.83. The summed E-state index contributed by atoms with van der Waals surface area (Å²) in [6.45, 7) is 0. The number of hydrogen-bond donors (Lipinski definition) is 0. The molecule has 0 spiro atoms. The maximum absolute atomic E-state index is 13.4. The second-order valence-corrected chi connectivity index (χ2v) is 5.79. The van der Waals surface area contributed by atoms with E-state index in [0.29, 0.717) is 0 Å². The van der Waals surface area contributed by atoms with Crippen LogP contribution < -0.4 is 9.47 Å². The first-order chi connectivity index (χ1) is 14.0. The molecule has 0 heterocycles. The van der Waals surface area contributed by atoms with Gasteiger partial charge in [0.2, 0.25) is 0 Å². The first-order valence-electron chi connectivity index (χ1n) is 8.13. The minimum atomic E-state index is -4.94. The minimum Gasteiger partial charge on any atom is -0.394 e. The first kappa shape index (κ1) is 22.7. The highest BCUT2D eigenvalue weighted by Gasteiger charge is 2.39. The van der Waals surface area contributed by atoms with E-state index in [-0.39, 0.29) is 11.1 Å². The van der Waals surface area contributed by atoms with Crippen molar-refractivity contribution in [3.63, 3.8) is 0 Å². The van der Waals surface area contributed by atoms with E-state index in [1.807, 2.05) is 11.8 Å². The van der Waals surface area contributed by atoms with Crippen LogP contribution in [0.3, 0.4) is 0 Å². The zero-order valence-electron chi connectivity index (χ0n) is 15.0. The molecular formula is C21H12F6O3. The summed E-state index contributed by atoms with van der Waals surface area (Å²) in [6, 6.07) is 6.13. The Morgan fingerprint density at radius 1 is 0.767 bits per heavy atom. The van der Waals surface area contributed by atoms with Crippen LogP contribution in [0.25, 0.3) is 0 Å². The SMILES string of the molecule is C#CCc1cccc(OC(=O)Oc2cccc(CC#C)c2C(F)(F)F)c1C(F)(F)F. The highest BCUT2D eigenvalue weighted by Crippen LogP contribution is 2.41. The molecule has 9 heteroatoms. The Balaban J connectivity index is 2.41. The van der Waals surface area contributed by atoms with E-state index in [1.165, 1.54) is 0 Å². The van der Waals surface area contributed by atoms with Crippen LogP contribution in [0.2, 0.25) is 0 Å². The van der Waals surface area contributed by atoms with E-state index in [0.717, 1.165) is 36.4 Å². The van der Waals surface area contributed by atoms with Gasteiger partial charge in [0.15, 0.2) is 0 Å². The Morgan fingerprint density at radius 3 is 1.43 bits per heavy atom. The summed E-state index contributed by atoms with van der Waals surface area (Å²) in [5.41, 5.74) is -3.33. The number of halogens is 6. The van der Waals surface area contributed by atoms with Crippen LogP contribution in [0.1, 0.15) is 22.3 Å². The molecular weight excluding hydrogens is 414 g/mol. The highest BCUT2D eigenvalue weighted by molar-refractivity contribution is 5.69. The molecule has 2 aromatic carbocycles. The lowest BCUT2D eigenvalue weighted by molar-refractivity contribution is -0.139. The number of hydrogen-bond acceptors (Lipinski definition) is 3. The van der Waals surface area contributed by atoms with Crippen molar-refractivity contribution in [3.8, 4) is 36.2 Å². The minimum absolute atomic E-state index is 0.345. The number of ether oxygens (including phenoxy) is 2. The van der Waals surface area contributed by atoms with Crippen molar-refractivity contribution in [2.24, 2.45) is 0 Å². The predicted molar refractivity (Wildman–Crippen MR) is 94.6 cm³/mol. The average Bonchev–Trinajstić information content (AvgIpc) is 2.60. The Kier molecular flexibility index (Phi) is 6.68. The number of terminal acetylenes is 2. The maximum Gasteiger partial charge on any atom is 0.519 e. The molecule has 0 bridgehead atoms. The fourth-order valence-electron chi connectivity index (χ4n) is 2.68. The van der Waals surface area contributed by atoms with E-state index in [2.05, 4.69) is 9.47 Å². The van der Waals surface area contributed by atoms with Crippen molar-refractivity contribution in [1.82, 2.24) is 0 Å². The Bertz CT molecular complexity index is 941. The summed E-state index contributed by atoms with van der Waals surface area (Å²) in [7, 11) is 0. The summed E-state index contributed by atoms with van der Waals surface area (Å²) in [5, 5.41) is 0. The van der Waals surface area contributed by atoms with E-state index < -0.39 is 54.0 Å². The van der Waals surface area contributed by atoms with Gasteiger partial charge in [0.25, 0.3) is 0 Å². The molecule has 0 aliphatic rings. The first-order valence-corrected chi connectivity index (χ1v) is 8.13. The van der Waals surface area contributed by atoms with Crippen LogP contribution in [0.5, 0.6) is 11.5 Å². The second-order valence-electron chi connectivity index (χ2n) is 5.79. The molecule has 0 aliphatic carbocycles. The molecule has 0 aliphatic heterocycles. The van der Waals surface area contributed by atoms with Gasteiger partial charge in [-0.2, -0.15) is 26.3 Å². The molecule has 156 valence electrons. The molecule has 0 N–H and O–H groups in total. The number of rotatable bonds is 4. The topological polar surface area (TPSA) is 35.5 Å². The van der Waals surface area contributed by atoms with Gasteiger partial charge in [0.1, 0.15) is 22.6 Å². The summed E-state index contributed by atoms with van der Waals surface area (Å²) < 4.78 is 89.5. The van der Waals surface area contributed by atoms with Crippen LogP contribution in [0.4, 0.5) is 31.1 Å². The Hall–Kier alpha value is -3.59. The summed E-state index contributed by atoms with van der Waals surface area (Å²) in [4.78, 5) is 12.0. The third kappa shape index (κ3) is 5.26. The van der Waals surface area contributed by atoms with Crippen molar-refractivity contribution in [1.29, 1.82) is 0 Å². The third-order valence-corrected chi connectivity index (χ3v) is 3.76. The lowest BCUT2D eigenvalue weighted by Crippen LogP contribution is -2.20. The molecule has 30 heavy (non-hydrogen) atoms. The van der Waals surface area contributed by atoms with Crippen LogP contribution >= 0.6 is 0 Å². The van der Waals surface area contributed by atoms with Crippen molar-refractivity contribution in [3.05, 3.63) is 58.7 Å². The van der Waals surface area contributed by atoms with Crippen LogP contribution in [0, 0.1) is 24.7 Å². The molecule has 0 unspecified atom stereocenters. The molecule has 2 aromatic rings. The molecule has 3 nitrogen and oxygen atoms in total. The number of benzene rings is 2. The largest absolute Gasteiger partial charge is 0.519 e. The van der Waals surface area contributed by atoms with Gasteiger partial charge in [-0.1, -0.05) is 24.3 Å². The molecule has 0 amide bonds. The van der Waals surface area contributed by atoms with Crippen LogP contribution in [-0.2, 0) is 25.2 Å². The lowest BCUT2D eigenvalue weighted by Gasteiger charge is -2.18. The molecule has 0 radical (unpaired) electrons. The summed E-state index contributed by atoms with van der Waals surface area (Å²) >= 11 is 0. The van der Waals surface area contributed by atoms with E-state index in [4.69, 9.17) is 12.8 Å². The number of carbonyl (C=O) groups is 1. The van der Waals surface area contributed by atoms with Gasteiger partial charge in [-0.15, -0.1) is 24.7 Å². The Labute approximate surface area is 167 Å². The van der Waals surface area contributed by atoms with Crippen LogP contribution in [0.15, 0.2) is 36.4 Å². The predicted octanol–water partition coefficient (Wildman–Crippen LogP) is 5.65. The monoisotopic (exact) mass is 426 g/mol. The van der Waals surface area contributed by atoms with Crippen LogP contribution in [-0.4, -0.2) is 6.16 Å². The van der Waals surface area contributed by atoms with Crippen molar-refractivity contribution in [2.45, 2.75) is 25.2 Å². The maximum atomic E-state index is 13.4. The Morgan fingerprint density at radius 2 is 1.13 bits per heavy atom. The zero-order valence-corrected chi connectivity index (χ0v) is 15.0. The van der Waals surface area contributed by atoms with E-state index in [9.17, 15) is 31.1 Å². The number of carbonyl (C=O) groups excluding carboxylic acids is 1. The average molecular weight is 426 g/mol. The molecule has 0 saturated carbocycles. The molecule has 0 saturated heterocycles. The highest BCUT2D eigenvalue weighted by atomic mass is 19.4. The standard InChI is InChI=1S/C21H12F6O3/c1-3-7-13-9-5-11-15(17(13)20(22,23)24)29-19(28)30-16-12-6-10-14(8-4-2)18(16)21(25,26)27/h1-2,5-6,9-12H,7-8H2. The summed E-state index contributed by atoms with van der Waals surface area (Å²) in [5.74, 6) is 2.19. The normalized spacial score (nSPS) is 11.3. The van der Waals surface area contributed by atoms with Gasteiger partial charge in [-0.25, -0.2) is 4.79 Å². The fraction of sp³-hybridized carbons (Fsp3) is 0.190. The summed E-state index contributed by atoms with van der Waals surface area (Å²) in [6.07, 6.45) is -2.38. The van der Waals surface area contributed by atoms with Gasteiger partial charge in [-0.3, -0.25) is 0 Å². The van der Waals surface area contributed by atoms with Gasteiger partial charge < -0.3 is 9.47 Å². The molecule has 0 fully saturated rings. The molecule has 2 rings (SSSR count). The van der Waals surface area contributed by atoms with E-state index >= 15 is 0 Å². The molecule has 0 aromatic heterocycles. The van der Waals surface area contributed by atoms with Crippen molar-refractivity contribution in [2.75, 3.05) is 0 Å². The van der Waals surface area contributed by atoms with Gasteiger partial charge in [-0.05, 0) is 23.3 Å². The van der Waals surface area contributed by atoms with E-state index in [1.54, 1.807) is 0 Å². The quantitative estimate of drug-likeness (QED) is 0.274. The lowest BCUT2D eigenvalue weighted by atomic mass is 10.0. The van der Waals surface area contributed by atoms with Crippen molar-refractivity contribution < 1.29 is 40.6 Å². The van der Waals surface area contributed by atoms with Gasteiger partial charge >= 0.3 is 18.5 Å². The van der Waals surface area contributed by atoms with Gasteiger partial charge in [0.05, 0.1) is 0 Å². The smallest absolute Gasteiger partial charge is 0.394 e. The zero-order chi connectivity index (χ0) is 22.5. The fourth-order valence-corrected chi connectivity index (χ4v) is 2.68. The number of alkyl halides is 6. The van der Waals surface area contributed by atoms with Gasteiger partial charge in [0, 0.05) is 12.8 Å².